The van der Waals surface area contributed by atoms with Crippen molar-refractivity contribution in [2.75, 3.05) is 4.90 Å². The van der Waals surface area contributed by atoms with Gasteiger partial charge in [0.15, 0.2) is 0 Å². The molecule has 0 saturated heterocycles. The molecule has 59 heavy (non-hydrogen) atoms. The van der Waals surface area contributed by atoms with E-state index in [-0.39, 0.29) is 35.4 Å². The second-order valence-corrected chi connectivity index (χ2v) is 15.0. The zero-order valence-electron chi connectivity index (χ0n) is 35.7. The third-order valence-corrected chi connectivity index (χ3v) is 11.5. The standard InChI is InChI=1S/C56H35NO2/c1-2-10-42-34-43(21-20-36(42)8-1)39-18-16-37(17-19-39)38-22-28-45(29-23-38)57(51-13-7-15-54-55(51)49-32-26-41-9-3-4-11-47(41)56(49)59-54)46-30-24-40(25-31-46)44-27-33-53-50(35-44)48-12-5-6-14-52(48)58-53/h1-35H/i24D,25D,30D,31D. The van der Waals surface area contributed by atoms with Crippen LogP contribution in [0.4, 0.5) is 17.1 Å². The first-order chi connectivity index (χ1) is 30.9. The van der Waals surface area contributed by atoms with E-state index in [1.807, 2.05) is 102 Å². The third-order valence-electron chi connectivity index (χ3n) is 11.5. The van der Waals surface area contributed by atoms with Crippen molar-refractivity contribution < 1.29 is 14.3 Å². The highest BCUT2D eigenvalue weighted by Gasteiger charge is 2.21. The van der Waals surface area contributed by atoms with Crippen molar-refractivity contribution in [1.29, 1.82) is 0 Å². The van der Waals surface area contributed by atoms with Crippen molar-refractivity contribution in [2.45, 2.75) is 0 Å². The highest BCUT2D eigenvalue weighted by atomic mass is 16.3. The lowest BCUT2D eigenvalue weighted by Gasteiger charge is -2.26. The van der Waals surface area contributed by atoms with Gasteiger partial charge >= 0.3 is 0 Å². The minimum atomic E-state index is -0.160. The monoisotopic (exact) mass is 757 g/mol. The van der Waals surface area contributed by atoms with E-state index in [0.717, 1.165) is 65.7 Å². The van der Waals surface area contributed by atoms with Gasteiger partial charge in [-0.05, 0) is 116 Å². The molecule has 0 saturated carbocycles. The van der Waals surface area contributed by atoms with E-state index in [1.165, 1.54) is 10.8 Å². The van der Waals surface area contributed by atoms with Gasteiger partial charge in [0.05, 0.1) is 16.6 Å². The topological polar surface area (TPSA) is 29.5 Å². The summed E-state index contributed by atoms with van der Waals surface area (Å²) < 4.78 is 51.1. The zero-order chi connectivity index (χ0) is 42.3. The molecule has 0 aliphatic rings. The molecule has 2 aromatic heterocycles. The van der Waals surface area contributed by atoms with Crippen LogP contribution in [0.5, 0.6) is 0 Å². The molecule has 12 rings (SSSR count). The average Bonchev–Trinajstić information content (AvgIpc) is 3.91. The second-order valence-electron chi connectivity index (χ2n) is 15.0. The average molecular weight is 758 g/mol. The van der Waals surface area contributed by atoms with Gasteiger partial charge in [0.25, 0.3) is 0 Å². The van der Waals surface area contributed by atoms with Crippen molar-refractivity contribution in [1.82, 2.24) is 0 Å². The van der Waals surface area contributed by atoms with Crippen LogP contribution in [0.2, 0.25) is 0 Å². The van der Waals surface area contributed by atoms with Gasteiger partial charge in [0.2, 0.25) is 0 Å². The maximum absolute atomic E-state index is 9.70. The minimum Gasteiger partial charge on any atom is -0.456 e. The fourth-order valence-corrected chi connectivity index (χ4v) is 8.58. The summed E-state index contributed by atoms with van der Waals surface area (Å²) in [5.41, 5.74) is 9.45. The van der Waals surface area contributed by atoms with Crippen LogP contribution in [0.15, 0.2) is 221 Å². The van der Waals surface area contributed by atoms with Gasteiger partial charge in [-0.1, -0.05) is 146 Å². The van der Waals surface area contributed by atoms with E-state index in [1.54, 1.807) is 0 Å². The number of furan rings is 2. The van der Waals surface area contributed by atoms with Gasteiger partial charge in [0, 0.05) is 32.9 Å². The Bertz CT molecular complexity index is 3770. The van der Waals surface area contributed by atoms with E-state index < -0.39 is 0 Å². The molecule has 0 spiro atoms. The highest BCUT2D eigenvalue weighted by molar-refractivity contribution is 6.19. The Morgan fingerprint density at radius 1 is 0.339 bits per heavy atom. The molecule has 10 aromatic carbocycles. The van der Waals surface area contributed by atoms with Crippen molar-refractivity contribution >= 4 is 82.5 Å². The van der Waals surface area contributed by atoms with Gasteiger partial charge in [-0.25, -0.2) is 0 Å². The van der Waals surface area contributed by atoms with E-state index in [9.17, 15) is 5.48 Å². The summed E-state index contributed by atoms with van der Waals surface area (Å²) >= 11 is 0. The molecular formula is C56H35NO2. The van der Waals surface area contributed by atoms with Crippen LogP contribution in [-0.4, -0.2) is 0 Å². The molecule has 12 aromatic rings. The Hall–Kier alpha value is -7.88. The fourth-order valence-electron chi connectivity index (χ4n) is 8.58. The second kappa shape index (κ2) is 13.4. The molecule has 0 atom stereocenters. The zero-order valence-corrected chi connectivity index (χ0v) is 31.7. The van der Waals surface area contributed by atoms with Crippen molar-refractivity contribution in [3.8, 4) is 33.4 Å². The smallest absolute Gasteiger partial charge is 0.143 e. The van der Waals surface area contributed by atoms with Crippen LogP contribution in [0.3, 0.4) is 0 Å². The highest BCUT2D eigenvalue weighted by Crippen LogP contribution is 2.45. The number of rotatable bonds is 6. The molecule has 0 aliphatic carbocycles. The summed E-state index contributed by atoms with van der Waals surface area (Å²) in [5, 5.41) is 7.92. The van der Waals surface area contributed by atoms with Crippen molar-refractivity contribution in [3.05, 3.63) is 212 Å². The van der Waals surface area contributed by atoms with Gasteiger partial charge in [0.1, 0.15) is 22.3 Å². The predicted octanol–water partition coefficient (Wildman–Crippen LogP) is 16.3. The summed E-state index contributed by atoms with van der Waals surface area (Å²) in [4.78, 5) is 1.86. The Morgan fingerprint density at radius 2 is 0.932 bits per heavy atom. The third kappa shape index (κ3) is 5.59. The lowest BCUT2D eigenvalue weighted by Crippen LogP contribution is -2.10. The van der Waals surface area contributed by atoms with Gasteiger partial charge in [-0.3, -0.25) is 0 Å². The number of nitrogens with zero attached hydrogens (tertiary/aromatic N) is 1. The summed E-state index contributed by atoms with van der Waals surface area (Å²) in [6, 6.07) is 62.3. The lowest BCUT2D eigenvalue weighted by molar-refractivity contribution is 0.669. The van der Waals surface area contributed by atoms with E-state index in [2.05, 4.69) is 91.0 Å². The van der Waals surface area contributed by atoms with Crippen LogP contribution in [0.1, 0.15) is 5.48 Å². The summed E-state index contributed by atoms with van der Waals surface area (Å²) in [7, 11) is 0. The van der Waals surface area contributed by atoms with E-state index in [4.69, 9.17) is 8.83 Å². The largest absolute Gasteiger partial charge is 0.456 e. The number of hydrogen-bond acceptors (Lipinski definition) is 3. The normalized spacial score (nSPS) is 12.7. The Morgan fingerprint density at radius 3 is 1.75 bits per heavy atom. The Balaban J connectivity index is 1.01. The van der Waals surface area contributed by atoms with Crippen molar-refractivity contribution in [2.24, 2.45) is 0 Å². The lowest BCUT2D eigenvalue weighted by atomic mass is 9.98. The number of fused-ring (bicyclic) bond motifs is 9. The Kier molecular flexibility index (Phi) is 6.65. The SMILES string of the molecule is [2H]c1c([2H])c(N(c2ccc(-c3ccc(-c4ccc5ccccc5c4)cc3)cc2)c2cccc3oc4c5ccccc5ccc4c23)c([2H])c([2H])c1-c1ccc2oc3ccccc3c2c1. The van der Waals surface area contributed by atoms with Gasteiger partial charge < -0.3 is 13.7 Å². The van der Waals surface area contributed by atoms with Crippen LogP contribution in [0.25, 0.3) is 98.8 Å². The molecule has 0 unspecified atom stereocenters. The maximum Gasteiger partial charge on any atom is 0.143 e. The fraction of sp³-hybridized carbons (Fsp3) is 0. The molecule has 0 radical (unpaired) electrons. The van der Waals surface area contributed by atoms with Crippen molar-refractivity contribution in [3.63, 3.8) is 0 Å². The van der Waals surface area contributed by atoms with E-state index in [0.29, 0.717) is 28.1 Å². The molecule has 2 heterocycles. The van der Waals surface area contributed by atoms with E-state index >= 15 is 0 Å². The number of hydrogen-bond donors (Lipinski definition) is 0. The summed E-state index contributed by atoms with van der Waals surface area (Å²) in [5.74, 6) is 0. The quantitative estimate of drug-likeness (QED) is 0.169. The Labute approximate surface area is 346 Å². The number of benzene rings is 10. The van der Waals surface area contributed by atoms with Crippen LogP contribution in [0, 0.1) is 0 Å². The molecule has 276 valence electrons. The van der Waals surface area contributed by atoms with Crippen LogP contribution in [-0.2, 0) is 0 Å². The van der Waals surface area contributed by atoms with Gasteiger partial charge in [-0.2, -0.15) is 0 Å². The predicted molar refractivity (Wildman–Crippen MR) is 247 cm³/mol. The number of para-hydroxylation sites is 1. The first-order valence-corrected chi connectivity index (χ1v) is 19.7. The maximum atomic E-state index is 9.70. The van der Waals surface area contributed by atoms with Gasteiger partial charge in [-0.15, -0.1) is 0 Å². The molecule has 0 bridgehead atoms. The molecule has 0 fully saturated rings. The minimum absolute atomic E-state index is 0.138. The molecule has 0 aliphatic heterocycles. The number of anilines is 3. The summed E-state index contributed by atoms with van der Waals surface area (Å²) in [6.07, 6.45) is 0. The molecule has 0 N–H and O–H groups in total. The molecule has 3 nitrogen and oxygen atoms in total. The molecule has 3 heteroatoms. The molecule has 0 amide bonds. The first-order valence-electron chi connectivity index (χ1n) is 21.7. The summed E-state index contributed by atoms with van der Waals surface area (Å²) in [6.45, 7) is 0. The first kappa shape index (κ1) is 29.4. The van der Waals surface area contributed by atoms with Crippen LogP contribution < -0.4 is 4.90 Å². The van der Waals surface area contributed by atoms with Crippen LogP contribution >= 0.6 is 0 Å². The molecular weight excluding hydrogens is 719 g/mol.